The topological polar surface area (TPSA) is 50.9 Å². The minimum atomic E-state index is -0.301. The molecule has 1 fully saturated rings. The summed E-state index contributed by atoms with van der Waals surface area (Å²) in [5, 5.41) is 0. The van der Waals surface area contributed by atoms with Gasteiger partial charge in [-0.05, 0) is 42.2 Å². The maximum absolute atomic E-state index is 13.2. The summed E-state index contributed by atoms with van der Waals surface area (Å²) in [5.41, 5.74) is 3.70. The molecule has 0 amide bonds. The van der Waals surface area contributed by atoms with Crippen LogP contribution < -0.4 is 11.3 Å². The third-order valence-electron chi connectivity index (χ3n) is 4.37. The molecule has 0 bridgehead atoms. The number of hydrazine groups is 1. The van der Waals surface area contributed by atoms with Crippen molar-refractivity contribution in [2.75, 3.05) is 0 Å². The lowest BCUT2D eigenvalue weighted by Crippen LogP contribution is -2.37. The molecule has 0 aliphatic heterocycles. The second-order valence-electron chi connectivity index (χ2n) is 5.61. The molecule has 4 heteroatoms. The molecule has 0 spiro atoms. The van der Waals surface area contributed by atoms with E-state index in [9.17, 15) is 4.39 Å². The molecule has 1 aromatic rings. The Labute approximate surface area is 108 Å². The predicted molar refractivity (Wildman–Crippen MR) is 69.9 cm³/mol. The van der Waals surface area contributed by atoms with Crippen molar-refractivity contribution >= 4 is 0 Å². The summed E-state index contributed by atoms with van der Waals surface area (Å²) in [7, 11) is 0. The van der Waals surface area contributed by atoms with E-state index in [-0.39, 0.29) is 11.9 Å². The zero-order chi connectivity index (χ0) is 13.1. The first-order chi connectivity index (χ1) is 8.61. The van der Waals surface area contributed by atoms with Gasteiger partial charge in [-0.2, -0.15) is 0 Å². The van der Waals surface area contributed by atoms with Crippen LogP contribution in [0.3, 0.4) is 0 Å². The number of aromatic nitrogens is 1. The normalized spacial score (nSPS) is 30.1. The van der Waals surface area contributed by atoms with Gasteiger partial charge in [0.1, 0.15) is 5.82 Å². The smallest absolute Gasteiger partial charge is 0.141 e. The lowest BCUT2D eigenvalue weighted by atomic mass is 9.72. The van der Waals surface area contributed by atoms with Gasteiger partial charge in [0, 0.05) is 6.20 Å². The van der Waals surface area contributed by atoms with E-state index in [1.54, 1.807) is 6.20 Å². The molecule has 1 heterocycles. The maximum Gasteiger partial charge on any atom is 0.141 e. The standard InChI is InChI=1S/C14H22FN3/c1-9-3-4-11(5-10(9)2)14(18-16)12-6-13(15)8-17-7-12/h6-11,14,18H,3-5,16H2,1-2H3. The molecule has 2 rings (SSSR count). The Balaban J connectivity index is 2.14. The first-order valence-corrected chi connectivity index (χ1v) is 6.68. The van der Waals surface area contributed by atoms with E-state index < -0.39 is 0 Å². The van der Waals surface area contributed by atoms with Gasteiger partial charge in [0.05, 0.1) is 12.2 Å². The molecular weight excluding hydrogens is 229 g/mol. The molecule has 4 unspecified atom stereocenters. The summed E-state index contributed by atoms with van der Waals surface area (Å²) in [4.78, 5) is 3.91. The third kappa shape index (κ3) is 2.87. The van der Waals surface area contributed by atoms with Crippen LogP contribution in [0.2, 0.25) is 0 Å². The SMILES string of the molecule is CC1CCC(C(NN)c2cncc(F)c2)CC1C. The molecule has 4 atom stereocenters. The van der Waals surface area contributed by atoms with Crippen LogP contribution in [0.15, 0.2) is 18.5 Å². The number of pyridine rings is 1. The van der Waals surface area contributed by atoms with Crippen molar-refractivity contribution in [2.24, 2.45) is 23.6 Å². The quantitative estimate of drug-likeness (QED) is 0.641. The Morgan fingerprint density at radius 1 is 1.33 bits per heavy atom. The Bertz CT molecular complexity index is 396. The van der Waals surface area contributed by atoms with Crippen molar-refractivity contribution in [3.8, 4) is 0 Å². The van der Waals surface area contributed by atoms with E-state index in [2.05, 4.69) is 24.3 Å². The summed E-state index contributed by atoms with van der Waals surface area (Å²) in [6.45, 7) is 4.59. The van der Waals surface area contributed by atoms with Crippen molar-refractivity contribution in [3.05, 3.63) is 29.8 Å². The van der Waals surface area contributed by atoms with Crippen molar-refractivity contribution < 1.29 is 4.39 Å². The zero-order valence-corrected chi connectivity index (χ0v) is 11.1. The Kier molecular flexibility index (Phi) is 4.30. The van der Waals surface area contributed by atoms with Crippen molar-refractivity contribution in [2.45, 2.75) is 39.2 Å². The predicted octanol–water partition coefficient (Wildman–Crippen LogP) is 2.80. The van der Waals surface area contributed by atoms with Crippen molar-refractivity contribution in [1.82, 2.24) is 10.4 Å². The first-order valence-electron chi connectivity index (χ1n) is 6.68. The summed E-state index contributed by atoms with van der Waals surface area (Å²) >= 11 is 0. The van der Waals surface area contributed by atoms with E-state index >= 15 is 0 Å². The number of halogens is 1. The second kappa shape index (κ2) is 5.76. The van der Waals surface area contributed by atoms with E-state index in [1.807, 2.05) is 0 Å². The number of hydrogen-bond donors (Lipinski definition) is 2. The van der Waals surface area contributed by atoms with Crippen LogP contribution in [0, 0.1) is 23.6 Å². The van der Waals surface area contributed by atoms with Gasteiger partial charge in [0.15, 0.2) is 0 Å². The molecule has 1 aromatic heterocycles. The van der Waals surface area contributed by atoms with Gasteiger partial charge in [-0.15, -0.1) is 0 Å². The fourth-order valence-electron chi connectivity index (χ4n) is 2.99. The molecule has 0 saturated heterocycles. The van der Waals surface area contributed by atoms with Gasteiger partial charge < -0.3 is 0 Å². The highest BCUT2D eigenvalue weighted by molar-refractivity contribution is 5.16. The van der Waals surface area contributed by atoms with Crippen molar-refractivity contribution in [3.63, 3.8) is 0 Å². The number of nitrogens with zero attached hydrogens (tertiary/aromatic N) is 1. The molecule has 1 saturated carbocycles. The number of nitrogens with two attached hydrogens (primary N) is 1. The van der Waals surface area contributed by atoms with Crippen LogP contribution in [0.1, 0.15) is 44.7 Å². The number of hydrogen-bond acceptors (Lipinski definition) is 3. The van der Waals surface area contributed by atoms with Gasteiger partial charge in [0.2, 0.25) is 0 Å². The first kappa shape index (κ1) is 13.4. The Morgan fingerprint density at radius 2 is 2.11 bits per heavy atom. The highest BCUT2D eigenvalue weighted by Crippen LogP contribution is 2.39. The molecule has 0 radical (unpaired) electrons. The lowest BCUT2D eigenvalue weighted by molar-refractivity contribution is 0.171. The molecule has 0 aromatic carbocycles. The van der Waals surface area contributed by atoms with Gasteiger partial charge in [-0.25, -0.2) is 4.39 Å². The van der Waals surface area contributed by atoms with Crippen molar-refractivity contribution in [1.29, 1.82) is 0 Å². The van der Waals surface area contributed by atoms with Gasteiger partial charge >= 0.3 is 0 Å². The van der Waals surface area contributed by atoms with E-state index in [0.717, 1.165) is 24.3 Å². The fourth-order valence-corrected chi connectivity index (χ4v) is 2.99. The average Bonchev–Trinajstić information content (AvgIpc) is 2.35. The minimum absolute atomic E-state index is 0.00292. The largest absolute Gasteiger partial charge is 0.271 e. The molecule has 1 aliphatic rings. The molecule has 1 aliphatic carbocycles. The van der Waals surface area contributed by atoms with E-state index in [1.165, 1.54) is 18.7 Å². The fraction of sp³-hybridized carbons (Fsp3) is 0.643. The molecule has 3 N–H and O–H groups in total. The van der Waals surface area contributed by atoms with Crippen LogP contribution in [0.4, 0.5) is 4.39 Å². The molecule has 100 valence electrons. The monoisotopic (exact) mass is 251 g/mol. The van der Waals surface area contributed by atoms with Crippen LogP contribution in [-0.2, 0) is 0 Å². The maximum atomic E-state index is 13.2. The average molecular weight is 251 g/mol. The van der Waals surface area contributed by atoms with Crippen LogP contribution in [0.25, 0.3) is 0 Å². The number of rotatable bonds is 3. The molecular formula is C14H22FN3. The molecule has 3 nitrogen and oxygen atoms in total. The summed E-state index contributed by atoms with van der Waals surface area (Å²) < 4.78 is 13.2. The van der Waals surface area contributed by atoms with Gasteiger partial charge in [-0.1, -0.05) is 20.3 Å². The second-order valence-corrected chi connectivity index (χ2v) is 5.61. The third-order valence-corrected chi connectivity index (χ3v) is 4.37. The highest BCUT2D eigenvalue weighted by Gasteiger charge is 2.30. The van der Waals surface area contributed by atoms with Crippen LogP contribution in [0.5, 0.6) is 0 Å². The summed E-state index contributed by atoms with van der Waals surface area (Å²) in [6.07, 6.45) is 6.41. The number of nitrogens with one attached hydrogen (secondary N) is 1. The van der Waals surface area contributed by atoms with Gasteiger partial charge in [0.25, 0.3) is 0 Å². The Hall–Kier alpha value is -1.00. The molecule has 18 heavy (non-hydrogen) atoms. The van der Waals surface area contributed by atoms with Gasteiger partial charge in [-0.3, -0.25) is 16.3 Å². The van der Waals surface area contributed by atoms with Crippen LogP contribution >= 0.6 is 0 Å². The van der Waals surface area contributed by atoms with E-state index in [0.29, 0.717) is 11.8 Å². The zero-order valence-electron chi connectivity index (χ0n) is 11.1. The van der Waals surface area contributed by atoms with E-state index in [4.69, 9.17) is 5.84 Å². The van der Waals surface area contributed by atoms with Crippen LogP contribution in [-0.4, -0.2) is 4.98 Å². The Morgan fingerprint density at radius 3 is 2.72 bits per heavy atom. The minimum Gasteiger partial charge on any atom is -0.271 e. The lowest BCUT2D eigenvalue weighted by Gasteiger charge is -2.36. The highest BCUT2D eigenvalue weighted by atomic mass is 19.1. The summed E-state index contributed by atoms with van der Waals surface area (Å²) in [6, 6.07) is 1.53. The summed E-state index contributed by atoms with van der Waals surface area (Å²) in [5.74, 6) is 7.29.